The minimum atomic E-state index is -0.360. The summed E-state index contributed by atoms with van der Waals surface area (Å²) in [4.78, 5) is 25.1. The third-order valence-electron chi connectivity index (χ3n) is 3.49. The minimum absolute atomic E-state index is 0.146. The van der Waals surface area contributed by atoms with E-state index in [2.05, 4.69) is 5.32 Å². The zero-order valence-corrected chi connectivity index (χ0v) is 12.2. The van der Waals surface area contributed by atoms with Crippen LogP contribution in [-0.4, -0.2) is 42.5 Å². The molecule has 1 aliphatic heterocycles. The van der Waals surface area contributed by atoms with Crippen LogP contribution >= 0.6 is 0 Å². The lowest BCUT2D eigenvalue weighted by Gasteiger charge is -2.21. The highest BCUT2D eigenvalue weighted by Crippen LogP contribution is 2.18. The molecule has 0 radical (unpaired) electrons. The smallest absolute Gasteiger partial charge is 0.238 e. The lowest BCUT2D eigenvalue weighted by atomic mass is 10.2. The SMILES string of the molecule is CCOc1ccc(NC(=O)CN2CCCC2C(N)=O)cc1. The largest absolute Gasteiger partial charge is 0.494 e. The molecule has 1 saturated heterocycles. The molecule has 1 heterocycles. The quantitative estimate of drug-likeness (QED) is 0.818. The van der Waals surface area contributed by atoms with Crippen molar-refractivity contribution in [3.8, 4) is 5.75 Å². The number of anilines is 1. The molecule has 114 valence electrons. The van der Waals surface area contributed by atoms with Crippen LogP contribution in [0.25, 0.3) is 0 Å². The van der Waals surface area contributed by atoms with Gasteiger partial charge in [0.15, 0.2) is 0 Å². The molecular formula is C15H21N3O3. The average Bonchev–Trinajstić information content (AvgIpc) is 2.89. The van der Waals surface area contributed by atoms with Crippen molar-refractivity contribution in [3.63, 3.8) is 0 Å². The van der Waals surface area contributed by atoms with Crippen LogP contribution in [-0.2, 0) is 9.59 Å². The average molecular weight is 291 g/mol. The van der Waals surface area contributed by atoms with Gasteiger partial charge in [0.05, 0.1) is 19.2 Å². The number of nitrogens with zero attached hydrogens (tertiary/aromatic N) is 1. The van der Waals surface area contributed by atoms with Crippen LogP contribution in [0.5, 0.6) is 5.75 Å². The Hall–Kier alpha value is -2.08. The summed E-state index contributed by atoms with van der Waals surface area (Å²) >= 11 is 0. The second kappa shape index (κ2) is 7.08. The first-order valence-corrected chi connectivity index (χ1v) is 7.16. The lowest BCUT2D eigenvalue weighted by molar-refractivity contribution is -0.123. The number of amides is 2. The number of carbonyl (C=O) groups excluding carboxylic acids is 2. The molecule has 1 unspecified atom stereocenters. The maximum Gasteiger partial charge on any atom is 0.238 e. The van der Waals surface area contributed by atoms with Crippen LogP contribution in [0.1, 0.15) is 19.8 Å². The number of hydrogen-bond acceptors (Lipinski definition) is 4. The van der Waals surface area contributed by atoms with Crippen LogP contribution in [0.4, 0.5) is 5.69 Å². The zero-order chi connectivity index (χ0) is 15.2. The number of nitrogens with two attached hydrogens (primary N) is 1. The highest BCUT2D eigenvalue weighted by atomic mass is 16.5. The molecule has 0 spiro atoms. The van der Waals surface area contributed by atoms with Gasteiger partial charge in [0.2, 0.25) is 11.8 Å². The summed E-state index contributed by atoms with van der Waals surface area (Å²) in [6.07, 6.45) is 1.62. The fraction of sp³-hybridized carbons (Fsp3) is 0.467. The Morgan fingerprint density at radius 1 is 1.38 bits per heavy atom. The second-order valence-corrected chi connectivity index (χ2v) is 5.04. The van der Waals surface area contributed by atoms with Crippen molar-refractivity contribution in [2.24, 2.45) is 5.73 Å². The van der Waals surface area contributed by atoms with E-state index < -0.39 is 0 Å². The molecule has 1 aliphatic rings. The van der Waals surface area contributed by atoms with Gasteiger partial charge < -0.3 is 15.8 Å². The molecule has 1 aromatic carbocycles. The molecule has 1 atom stereocenters. The number of hydrogen-bond donors (Lipinski definition) is 2. The van der Waals surface area contributed by atoms with Crippen molar-refractivity contribution in [2.45, 2.75) is 25.8 Å². The molecule has 3 N–H and O–H groups in total. The van der Waals surface area contributed by atoms with Gasteiger partial charge in [-0.15, -0.1) is 0 Å². The third kappa shape index (κ3) is 4.19. The zero-order valence-electron chi connectivity index (χ0n) is 12.2. The first kappa shape index (κ1) is 15.3. The number of rotatable bonds is 6. The standard InChI is InChI=1S/C15H21N3O3/c1-2-21-12-7-5-11(6-8-12)17-14(19)10-18-9-3-4-13(18)15(16)20/h5-8,13H,2-4,9-10H2,1H3,(H2,16,20)(H,17,19). The molecule has 2 rings (SSSR count). The van der Waals surface area contributed by atoms with Gasteiger partial charge >= 0.3 is 0 Å². The normalized spacial score (nSPS) is 18.4. The molecule has 0 saturated carbocycles. The van der Waals surface area contributed by atoms with Crippen LogP contribution in [0.15, 0.2) is 24.3 Å². The van der Waals surface area contributed by atoms with Crippen molar-refractivity contribution >= 4 is 17.5 Å². The summed E-state index contributed by atoms with van der Waals surface area (Å²) in [5, 5.41) is 2.81. The number of carbonyl (C=O) groups is 2. The summed E-state index contributed by atoms with van der Waals surface area (Å²) in [6.45, 7) is 3.43. The third-order valence-corrected chi connectivity index (χ3v) is 3.49. The molecule has 0 bridgehead atoms. The van der Waals surface area contributed by atoms with Gasteiger partial charge in [0, 0.05) is 5.69 Å². The summed E-state index contributed by atoms with van der Waals surface area (Å²) in [5.41, 5.74) is 6.04. The monoisotopic (exact) mass is 291 g/mol. The Morgan fingerprint density at radius 2 is 2.10 bits per heavy atom. The predicted octanol–water partition coefficient (Wildman–Crippen LogP) is 0.973. The Bertz CT molecular complexity index is 501. The lowest BCUT2D eigenvalue weighted by Crippen LogP contribution is -2.43. The van der Waals surface area contributed by atoms with Gasteiger partial charge in [-0.25, -0.2) is 0 Å². The molecule has 6 nitrogen and oxygen atoms in total. The summed E-state index contributed by atoms with van der Waals surface area (Å²) in [7, 11) is 0. The van der Waals surface area contributed by atoms with E-state index in [1.807, 2.05) is 11.8 Å². The first-order chi connectivity index (χ1) is 10.1. The van der Waals surface area contributed by atoms with Gasteiger partial charge in [-0.05, 0) is 50.6 Å². The summed E-state index contributed by atoms with van der Waals surface area (Å²) in [5.74, 6) is 0.262. The molecule has 2 amide bonds. The molecule has 0 aromatic heterocycles. The fourth-order valence-corrected chi connectivity index (χ4v) is 2.52. The molecule has 0 aliphatic carbocycles. The van der Waals surface area contributed by atoms with Gasteiger partial charge in [-0.2, -0.15) is 0 Å². The van der Waals surface area contributed by atoms with Gasteiger partial charge in [0.1, 0.15) is 5.75 Å². The highest BCUT2D eigenvalue weighted by Gasteiger charge is 2.30. The number of likely N-dealkylation sites (tertiary alicyclic amines) is 1. The number of benzene rings is 1. The minimum Gasteiger partial charge on any atom is -0.494 e. The Labute approximate surface area is 124 Å². The van der Waals surface area contributed by atoms with E-state index in [0.29, 0.717) is 12.3 Å². The molecule has 21 heavy (non-hydrogen) atoms. The van der Waals surface area contributed by atoms with Crippen LogP contribution < -0.4 is 15.8 Å². The topological polar surface area (TPSA) is 84.7 Å². The Kier molecular flexibility index (Phi) is 5.16. The fourth-order valence-electron chi connectivity index (χ4n) is 2.52. The molecule has 6 heteroatoms. The Balaban J connectivity index is 1.88. The van der Waals surface area contributed by atoms with E-state index in [1.165, 1.54) is 0 Å². The van der Waals surface area contributed by atoms with Crippen molar-refractivity contribution in [1.82, 2.24) is 4.90 Å². The Morgan fingerprint density at radius 3 is 2.71 bits per heavy atom. The number of nitrogens with one attached hydrogen (secondary N) is 1. The van der Waals surface area contributed by atoms with Crippen molar-refractivity contribution in [1.29, 1.82) is 0 Å². The van der Waals surface area contributed by atoms with Crippen LogP contribution in [0, 0.1) is 0 Å². The van der Waals surface area contributed by atoms with E-state index in [0.717, 1.165) is 25.1 Å². The summed E-state index contributed by atoms with van der Waals surface area (Å²) in [6, 6.07) is 6.87. The van der Waals surface area contributed by atoms with E-state index >= 15 is 0 Å². The van der Waals surface area contributed by atoms with Crippen LogP contribution in [0.3, 0.4) is 0 Å². The maximum absolute atomic E-state index is 12.0. The molecular weight excluding hydrogens is 270 g/mol. The maximum atomic E-state index is 12.0. The predicted molar refractivity (Wildman–Crippen MR) is 80.0 cm³/mol. The van der Waals surface area contributed by atoms with Crippen molar-refractivity contribution in [3.05, 3.63) is 24.3 Å². The van der Waals surface area contributed by atoms with Gasteiger partial charge in [0.25, 0.3) is 0 Å². The van der Waals surface area contributed by atoms with E-state index in [4.69, 9.17) is 10.5 Å². The van der Waals surface area contributed by atoms with E-state index in [1.54, 1.807) is 24.3 Å². The van der Waals surface area contributed by atoms with Crippen LogP contribution in [0.2, 0.25) is 0 Å². The number of primary amides is 1. The van der Waals surface area contributed by atoms with Crippen molar-refractivity contribution < 1.29 is 14.3 Å². The molecule has 1 fully saturated rings. The van der Waals surface area contributed by atoms with Gasteiger partial charge in [-0.3, -0.25) is 14.5 Å². The second-order valence-electron chi connectivity index (χ2n) is 5.04. The molecule has 1 aromatic rings. The first-order valence-electron chi connectivity index (χ1n) is 7.16. The van der Waals surface area contributed by atoms with E-state index in [-0.39, 0.29) is 24.4 Å². The number of ether oxygens (including phenoxy) is 1. The van der Waals surface area contributed by atoms with Crippen molar-refractivity contribution in [2.75, 3.05) is 25.0 Å². The highest BCUT2D eigenvalue weighted by molar-refractivity contribution is 5.93. The van der Waals surface area contributed by atoms with Gasteiger partial charge in [-0.1, -0.05) is 0 Å². The van der Waals surface area contributed by atoms with E-state index in [9.17, 15) is 9.59 Å². The summed E-state index contributed by atoms with van der Waals surface area (Å²) < 4.78 is 5.34.